The molecule has 3 heterocycles. The van der Waals surface area contributed by atoms with E-state index >= 15 is 0 Å². The second kappa shape index (κ2) is 19.4. The Morgan fingerprint density at radius 2 is 1.29 bits per heavy atom. The average molecular weight is 872 g/mol. The fourth-order valence-electron chi connectivity index (χ4n) is 6.90. The molecule has 3 aromatic carbocycles. The van der Waals surface area contributed by atoms with Gasteiger partial charge in [0.15, 0.2) is 29.3 Å². The molecular formula is C41H45NO20. The fraction of sp³-hybridized carbons (Fsp3) is 0.390. The minimum Gasteiger partial charge on any atom is -0.508 e. The molecule has 10 N–H and O–H groups in total. The lowest BCUT2D eigenvalue weighted by Crippen LogP contribution is -2.62. The molecular weight excluding hydrogens is 826 g/mol. The van der Waals surface area contributed by atoms with Crippen LogP contribution in [0.3, 0.4) is 0 Å². The van der Waals surface area contributed by atoms with Gasteiger partial charge in [-0.05, 0) is 59.2 Å². The van der Waals surface area contributed by atoms with Gasteiger partial charge in [-0.15, -0.1) is 0 Å². The Hall–Kier alpha value is -6.01. The van der Waals surface area contributed by atoms with Gasteiger partial charge in [0.25, 0.3) is 5.91 Å². The smallest absolute Gasteiger partial charge is 0.330 e. The Bertz CT molecular complexity index is 2140. The fourth-order valence-corrected chi connectivity index (χ4v) is 6.90. The van der Waals surface area contributed by atoms with E-state index in [1.807, 2.05) is 0 Å². The Kier molecular flexibility index (Phi) is 14.2. The van der Waals surface area contributed by atoms with E-state index in [1.54, 1.807) is 0 Å². The molecule has 2 fully saturated rings. The van der Waals surface area contributed by atoms with Crippen LogP contribution < -0.4 is 19.1 Å². The number of carboxylic acids is 1. The second-order valence-corrected chi connectivity index (χ2v) is 14.4. The van der Waals surface area contributed by atoms with Gasteiger partial charge < -0.3 is 84.2 Å². The highest BCUT2D eigenvalue weighted by Gasteiger charge is 2.49. The second-order valence-electron chi connectivity index (χ2n) is 14.4. The first-order valence-electron chi connectivity index (χ1n) is 18.9. The minimum absolute atomic E-state index is 0.000327. The van der Waals surface area contributed by atoms with Gasteiger partial charge in [0.2, 0.25) is 12.0 Å². The number of ether oxygens (including phenoxy) is 7. The van der Waals surface area contributed by atoms with Crippen molar-refractivity contribution in [3.63, 3.8) is 0 Å². The maximum atomic E-state index is 13.4. The minimum atomic E-state index is -1.95. The summed E-state index contributed by atoms with van der Waals surface area (Å²) in [5, 5.41) is 104. The van der Waals surface area contributed by atoms with Crippen LogP contribution in [-0.2, 0) is 39.8 Å². The Morgan fingerprint density at radius 3 is 1.90 bits per heavy atom. The number of aromatic hydroxyl groups is 3. The average Bonchev–Trinajstić information content (AvgIpc) is 3.63. The number of hydrogen-bond donors (Lipinski definition) is 10. The van der Waals surface area contributed by atoms with Gasteiger partial charge in [-0.1, -0.05) is 12.1 Å². The Balaban J connectivity index is 1.10. The number of carbonyl (C=O) groups excluding carboxylic acids is 2. The predicted molar refractivity (Wildman–Crippen MR) is 209 cm³/mol. The number of fused-ring (bicyclic) bond motifs is 1. The van der Waals surface area contributed by atoms with E-state index in [4.69, 9.17) is 33.2 Å². The number of carboxylic acid groups (broad SMARTS) is 1. The summed E-state index contributed by atoms with van der Waals surface area (Å²) in [5.74, 6) is -4.09. The number of phenols is 3. The van der Waals surface area contributed by atoms with Crippen molar-refractivity contribution in [1.29, 1.82) is 0 Å². The maximum absolute atomic E-state index is 13.4. The molecule has 0 spiro atoms. The van der Waals surface area contributed by atoms with E-state index in [1.165, 1.54) is 62.8 Å². The number of benzene rings is 3. The zero-order chi connectivity index (χ0) is 45.0. The van der Waals surface area contributed by atoms with Crippen LogP contribution in [0.2, 0.25) is 0 Å². The molecule has 0 aromatic heterocycles. The molecule has 11 atom stereocenters. The van der Waals surface area contributed by atoms with Crippen LogP contribution in [0.15, 0.2) is 60.7 Å². The van der Waals surface area contributed by atoms with Crippen molar-refractivity contribution in [2.24, 2.45) is 0 Å². The highest BCUT2D eigenvalue weighted by atomic mass is 16.7. The summed E-state index contributed by atoms with van der Waals surface area (Å²) in [6.45, 7) is -1.36. The number of anilines is 1. The number of aliphatic hydroxyl groups excluding tert-OH is 6. The van der Waals surface area contributed by atoms with Crippen LogP contribution in [0.4, 0.5) is 5.69 Å². The van der Waals surface area contributed by atoms with Crippen molar-refractivity contribution in [3.05, 3.63) is 77.4 Å². The van der Waals surface area contributed by atoms with Crippen molar-refractivity contribution < 1.29 is 98.6 Å². The van der Waals surface area contributed by atoms with E-state index in [9.17, 15) is 65.4 Å². The number of methoxy groups -OCH3 is 2. The molecule has 6 rings (SSSR count). The van der Waals surface area contributed by atoms with E-state index in [-0.39, 0.29) is 40.7 Å². The lowest BCUT2D eigenvalue weighted by Gasteiger charge is -2.42. The molecule has 3 aliphatic rings. The molecule has 0 aliphatic carbocycles. The molecule has 0 unspecified atom stereocenters. The summed E-state index contributed by atoms with van der Waals surface area (Å²) < 4.78 is 37.9. The zero-order valence-corrected chi connectivity index (χ0v) is 32.9. The molecule has 0 radical (unpaired) electrons. The normalized spacial score (nSPS) is 28.5. The molecule has 2 saturated heterocycles. The number of esters is 1. The van der Waals surface area contributed by atoms with Crippen molar-refractivity contribution in [2.75, 3.05) is 32.3 Å². The van der Waals surface area contributed by atoms with Gasteiger partial charge in [0.05, 0.1) is 26.5 Å². The summed E-state index contributed by atoms with van der Waals surface area (Å²) in [7, 11) is 2.65. The molecule has 0 saturated carbocycles. The number of nitrogens with zero attached hydrogens (tertiary/aromatic N) is 1. The number of aliphatic carboxylic acids is 1. The summed E-state index contributed by atoms with van der Waals surface area (Å²) in [6.07, 6.45) is -13.2. The molecule has 0 bridgehead atoms. The third kappa shape index (κ3) is 9.86. The zero-order valence-electron chi connectivity index (χ0n) is 32.9. The lowest BCUT2D eigenvalue weighted by molar-refractivity contribution is -0.323. The van der Waals surface area contributed by atoms with Crippen molar-refractivity contribution >= 4 is 35.7 Å². The molecule has 21 nitrogen and oxygen atoms in total. The van der Waals surface area contributed by atoms with Crippen LogP contribution in [0.5, 0.6) is 34.5 Å². The van der Waals surface area contributed by atoms with Crippen LogP contribution >= 0.6 is 0 Å². The van der Waals surface area contributed by atoms with Crippen LogP contribution in [0.25, 0.3) is 12.2 Å². The van der Waals surface area contributed by atoms with Gasteiger partial charge in [-0.3, -0.25) is 9.69 Å². The number of rotatable bonds is 14. The van der Waals surface area contributed by atoms with Crippen LogP contribution in [0, 0.1) is 0 Å². The van der Waals surface area contributed by atoms with Crippen LogP contribution in [0.1, 0.15) is 16.7 Å². The molecule has 1 amide bonds. The SMILES string of the molecule is COc1cc(/C=C/C(=O)OC[C@H]2O[C@@H](OC[C@H]3O[C@@H](Oc4cc5c(cc4O)C[C@@H](C(=O)O)N5C(=O)/C=C/c4ccc(O)cc4)[C@H](O)[C@@H](O)[C@@H]3O)[C@H](O)[C@@H](O)[C@@H]2O)cc(OC)c1O. The van der Waals surface area contributed by atoms with Crippen molar-refractivity contribution in [1.82, 2.24) is 0 Å². The molecule has 3 aromatic rings. The standard InChI is InChI=1S/C41H45NO20/c1-56-26-11-19(12-27(57-2)32(26)47)6-10-31(46)58-16-28-33(48)35(50)37(52)40(61-28)59-17-29-34(49)36(51)38(53)41(62-29)60-25-15-22-20(14-24(25)44)13-23(39(54)55)42(22)30(45)9-5-18-3-7-21(43)8-4-18/h3-12,14-15,23,28-29,33-38,40-41,43-44,47-53H,13,16-17H2,1-2H3,(H,54,55)/b9-5+,10-6+/t23-,28+,29+,33+,34+,35-,36-,37+,38+,40+,41+/m0/s1. The van der Waals surface area contributed by atoms with E-state index in [0.29, 0.717) is 11.1 Å². The summed E-state index contributed by atoms with van der Waals surface area (Å²) in [6, 6.07) is 9.62. The maximum Gasteiger partial charge on any atom is 0.330 e. The number of amides is 1. The summed E-state index contributed by atoms with van der Waals surface area (Å²) in [5.41, 5.74) is 1.22. The van der Waals surface area contributed by atoms with E-state index in [0.717, 1.165) is 29.2 Å². The number of phenolic OH excluding ortho intramolecular Hbond substituents is 3. The number of carbonyl (C=O) groups is 3. The first-order valence-corrected chi connectivity index (χ1v) is 18.9. The molecule has 21 heteroatoms. The monoisotopic (exact) mass is 871 g/mol. The lowest BCUT2D eigenvalue weighted by atomic mass is 9.98. The third-order valence-electron chi connectivity index (χ3n) is 10.3. The van der Waals surface area contributed by atoms with Crippen LogP contribution in [-0.4, -0.2) is 164 Å². The number of hydrogen-bond acceptors (Lipinski definition) is 19. The van der Waals surface area contributed by atoms with Crippen molar-refractivity contribution in [2.45, 2.75) is 73.9 Å². The van der Waals surface area contributed by atoms with Gasteiger partial charge in [-0.2, -0.15) is 0 Å². The highest BCUT2D eigenvalue weighted by Crippen LogP contribution is 2.42. The topological polar surface area (TPSA) is 321 Å². The Morgan fingerprint density at radius 1 is 0.710 bits per heavy atom. The first-order chi connectivity index (χ1) is 29.5. The van der Waals surface area contributed by atoms with Gasteiger partial charge in [0, 0.05) is 24.6 Å². The number of aliphatic hydroxyl groups is 6. The highest BCUT2D eigenvalue weighted by molar-refractivity contribution is 6.09. The van der Waals surface area contributed by atoms with E-state index in [2.05, 4.69) is 0 Å². The van der Waals surface area contributed by atoms with Gasteiger partial charge >= 0.3 is 11.9 Å². The first kappa shape index (κ1) is 45.5. The molecule has 62 heavy (non-hydrogen) atoms. The van der Waals surface area contributed by atoms with Gasteiger partial charge in [-0.25, -0.2) is 9.59 Å². The summed E-state index contributed by atoms with van der Waals surface area (Å²) >= 11 is 0. The molecule has 334 valence electrons. The molecule has 3 aliphatic heterocycles. The third-order valence-corrected chi connectivity index (χ3v) is 10.3. The Labute approximate surface area is 352 Å². The summed E-state index contributed by atoms with van der Waals surface area (Å²) in [4.78, 5) is 39.1. The largest absolute Gasteiger partial charge is 0.508 e. The van der Waals surface area contributed by atoms with Gasteiger partial charge in [0.1, 0.15) is 67.2 Å². The quantitative estimate of drug-likeness (QED) is 0.0696. The van der Waals surface area contributed by atoms with E-state index < -0.39 is 110 Å². The van der Waals surface area contributed by atoms with Crippen molar-refractivity contribution in [3.8, 4) is 34.5 Å². The predicted octanol–water partition coefficient (Wildman–Crippen LogP) is -0.856.